The fourth-order valence-corrected chi connectivity index (χ4v) is 3.14. The van der Waals surface area contributed by atoms with Crippen molar-refractivity contribution in [2.24, 2.45) is 0 Å². The lowest BCUT2D eigenvalue weighted by Gasteiger charge is -2.26. The number of hydrazine groups is 1. The van der Waals surface area contributed by atoms with Gasteiger partial charge in [-0.15, -0.1) is 0 Å². The maximum absolute atomic E-state index is 12.0. The molecule has 0 amide bonds. The molecule has 0 bridgehead atoms. The van der Waals surface area contributed by atoms with Crippen LogP contribution >= 0.6 is 11.6 Å². The van der Waals surface area contributed by atoms with Crippen LogP contribution in [-0.4, -0.2) is 14.9 Å². The fourth-order valence-electron chi connectivity index (χ4n) is 2.95. The lowest BCUT2D eigenvalue weighted by molar-refractivity contribution is -0.383. The Hall–Kier alpha value is -4.17. The molecule has 4 aromatic rings. The van der Waals surface area contributed by atoms with Gasteiger partial charge in [0.15, 0.2) is 0 Å². The summed E-state index contributed by atoms with van der Waals surface area (Å²) in [6.07, 6.45) is 1.25. The highest BCUT2D eigenvalue weighted by molar-refractivity contribution is 6.33. The van der Waals surface area contributed by atoms with Crippen LogP contribution in [0.25, 0.3) is 0 Å². The molecule has 154 valence electrons. The molecule has 9 heteroatoms. The van der Waals surface area contributed by atoms with E-state index in [0.29, 0.717) is 10.7 Å². The monoisotopic (exact) mass is 432 g/mol. The standard InChI is InChI=1S/C22H17ClN6O2/c23-18-13-7-8-14-19(18)26-21-20(29(30)31)22(25-15-24-21)27-28(16-9-3-1-4-10-16)17-11-5-2-6-12-17/h1-15H,(H2,24,25,26,27). The molecule has 0 radical (unpaired) electrons. The molecule has 0 atom stereocenters. The maximum atomic E-state index is 12.0. The second-order valence-corrected chi connectivity index (χ2v) is 6.81. The number of benzene rings is 3. The van der Waals surface area contributed by atoms with Crippen molar-refractivity contribution in [1.82, 2.24) is 9.97 Å². The van der Waals surface area contributed by atoms with Gasteiger partial charge in [0, 0.05) is 0 Å². The van der Waals surface area contributed by atoms with Crippen molar-refractivity contribution in [3.8, 4) is 0 Å². The highest BCUT2D eigenvalue weighted by Gasteiger charge is 2.25. The van der Waals surface area contributed by atoms with Crippen molar-refractivity contribution in [2.45, 2.75) is 0 Å². The van der Waals surface area contributed by atoms with Crippen molar-refractivity contribution >= 4 is 46.0 Å². The van der Waals surface area contributed by atoms with Gasteiger partial charge >= 0.3 is 5.69 Å². The molecule has 0 aliphatic carbocycles. The predicted octanol–water partition coefficient (Wildman–Crippen LogP) is 5.95. The first-order chi connectivity index (χ1) is 15.1. The van der Waals surface area contributed by atoms with Crippen LogP contribution in [0.1, 0.15) is 0 Å². The molecule has 2 N–H and O–H groups in total. The van der Waals surface area contributed by atoms with E-state index in [2.05, 4.69) is 20.7 Å². The molecular weight excluding hydrogens is 416 g/mol. The maximum Gasteiger partial charge on any atom is 0.355 e. The summed E-state index contributed by atoms with van der Waals surface area (Å²) in [6.45, 7) is 0. The molecule has 31 heavy (non-hydrogen) atoms. The van der Waals surface area contributed by atoms with Crippen molar-refractivity contribution in [2.75, 3.05) is 15.8 Å². The molecule has 1 aromatic heterocycles. The number of nitrogens with one attached hydrogen (secondary N) is 2. The van der Waals surface area contributed by atoms with Crippen LogP contribution in [0.5, 0.6) is 0 Å². The lowest BCUT2D eigenvalue weighted by atomic mass is 10.2. The number of para-hydroxylation sites is 3. The van der Waals surface area contributed by atoms with E-state index in [9.17, 15) is 10.1 Å². The van der Waals surface area contributed by atoms with Crippen LogP contribution in [0.3, 0.4) is 0 Å². The highest BCUT2D eigenvalue weighted by Crippen LogP contribution is 2.35. The Morgan fingerprint density at radius 1 is 0.806 bits per heavy atom. The summed E-state index contributed by atoms with van der Waals surface area (Å²) in [6, 6.07) is 25.8. The molecule has 3 aromatic carbocycles. The first-order valence-corrected chi connectivity index (χ1v) is 9.69. The third-order valence-electron chi connectivity index (χ3n) is 4.38. The van der Waals surface area contributed by atoms with Crippen LogP contribution in [-0.2, 0) is 0 Å². The average Bonchev–Trinajstić information content (AvgIpc) is 2.80. The summed E-state index contributed by atoms with van der Waals surface area (Å²) in [5.74, 6) is 0.0546. The Bertz CT molecular complexity index is 1150. The van der Waals surface area contributed by atoms with Crippen LogP contribution < -0.4 is 15.8 Å². The number of hydrogen-bond acceptors (Lipinski definition) is 7. The molecule has 0 spiro atoms. The fraction of sp³-hybridized carbons (Fsp3) is 0. The van der Waals surface area contributed by atoms with Crippen LogP contribution in [0.15, 0.2) is 91.3 Å². The van der Waals surface area contributed by atoms with E-state index in [4.69, 9.17) is 11.6 Å². The number of anilines is 5. The molecule has 0 unspecified atom stereocenters. The van der Waals surface area contributed by atoms with E-state index in [-0.39, 0.29) is 17.3 Å². The SMILES string of the molecule is O=[N+]([O-])c1c(Nc2ccccc2Cl)ncnc1NN(c1ccccc1)c1ccccc1. The smallest absolute Gasteiger partial charge is 0.333 e. The predicted molar refractivity (Wildman–Crippen MR) is 122 cm³/mol. The molecule has 0 saturated heterocycles. The molecule has 4 rings (SSSR count). The van der Waals surface area contributed by atoms with E-state index in [1.807, 2.05) is 60.7 Å². The second kappa shape index (κ2) is 9.10. The van der Waals surface area contributed by atoms with Gasteiger partial charge in [0.25, 0.3) is 0 Å². The third kappa shape index (κ3) is 4.54. The van der Waals surface area contributed by atoms with E-state index in [1.54, 1.807) is 29.3 Å². The number of hydrogen-bond donors (Lipinski definition) is 2. The van der Waals surface area contributed by atoms with Gasteiger partial charge in [-0.3, -0.25) is 20.5 Å². The van der Waals surface area contributed by atoms with E-state index in [0.717, 1.165) is 11.4 Å². The number of nitrogens with zero attached hydrogens (tertiary/aromatic N) is 4. The Balaban J connectivity index is 1.76. The quantitative estimate of drug-likeness (QED) is 0.275. The molecular formula is C22H17ClN6O2. The topological polar surface area (TPSA) is 96.2 Å². The summed E-state index contributed by atoms with van der Waals surface area (Å²) >= 11 is 6.19. The van der Waals surface area contributed by atoms with Crippen LogP contribution in [0.4, 0.5) is 34.4 Å². The second-order valence-electron chi connectivity index (χ2n) is 6.40. The van der Waals surface area contributed by atoms with Crippen LogP contribution in [0, 0.1) is 10.1 Å². The first-order valence-electron chi connectivity index (χ1n) is 9.31. The van der Waals surface area contributed by atoms with Gasteiger partial charge in [-0.1, -0.05) is 60.1 Å². The Morgan fingerprint density at radius 2 is 1.35 bits per heavy atom. The zero-order valence-electron chi connectivity index (χ0n) is 16.1. The molecule has 8 nitrogen and oxygen atoms in total. The summed E-state index contributed by atoms with van der Waals surface area (Å²) in [5.41, 5.74) is 4.82. The summed E-state index contributed by atoms with van der Waals surface area (Å²) in [5, 5.41) is 17.0. The van der Waals surface area contributed by atoms with Gasteiger partial charge in [-0.25, -0.2) is 9.97 Å². The van der Waals surface area contributed by atoms with Crippen molar-refractivity contribution in [3.05, 3.63) is 106 Å². The van der Waals surface area contributed by atoms with Crippen molar-refractivity contribution in [1.29, 1.82) is 0 Å². The van der Waals surface area contributed by atoms with Gasteiger partial charge in [0.05, 0.1) is 27.0 Å². The third-order valence-corrected chi connectivity index (χ3v) is 4.71. The largest absolute Gasteiger partial charge is 0.355 e. The zero-order chi connectivity index (χ0) is 21.6. The Labute approximate surface area is 183 Å². The van der Waals surface area contributed by atoms with Crippen molar-refractivity contribution < 1.29 is 4.92 Å². The molecule has 1 heterocycles. The summed E-state index contributed by atoms with van der Waals surface area (Å²) < 4.78 is 0. The summed E-state index contributed by atoms with van der Waals surface area (Å²) in [7, 11) is 0. The minimum absolute atomic E-state index is 0.0247. The highest BCUT2D eigenvalue weighted by atomic mass is 35.5. The average molecular weight is 433 g/mol. The number of aromatic nitrogens is 2. The van der Waals surface area contributed by atoms with Gasteiger partial charge in [-0.05, 0) is 36.4 Å². The van der Waals surface area contributed by atoms with Crippen molar-refractivity contribution in [3.63, 3.8) is 0 Å². The number of nitro groups is 1. The van der Waals surface area contributed by atoms with E-state index in [1.165, 1.54) is 6.33 Å². The lowest BCUT2D eigenvalue weighted by Crippen LogP contribution is -2.26. The van der Waals surface area contributed by atoms with Gasteiger partial charge in [0.2, 0.25) is 11.6 Å². The summed E-state index contributed by atoms with van der Waals surface area (Å²) in [4.78, 5) is 19.6. The van der Waals surface area contributed by atoms with Gasteiger partial charge < -0.3 is 5.32 Å². The first kappa shape index (κ1) is 20.1. The van der Waals surface area contributed by atoms with Gasteiger partial charge in [-0.2, -0.15) is 0 Å². The number of rotatable bonds is 7. The Kier molecular flexibility index (Phi) is 5.91. The molecule has 0 fully saturated rings. The minimum atomic E-state index is -0.532. The number of halogens is 1. The van der Waals surface area contributed by atoms with E-state index < -0.39 is 4.92 Å². The zero-order valence-corrected chi connectivity index (χ0v) is 16.9. The van der Waals surface area contributed by atoms with Gasteiger partial charge in [0.1, 0.15) is 6.33 Å². The minimum Gasteiger partial charge on any atom is -0.333 e. The normalized spacial score (nSPS) is 10.4. The molecule has 0 saturated carbocycles. The molecule has 0 aliphatic heterocycles. The van der Waals surface area contributed by atoms with E-state index >= 15 is 0 Å². The molecule has 0 aliphatic rings. The van der Waals surface area contributed by atoms with Crippen LogP contribution in [0.2, 0.25) is 5.02 Å². The Morgan fingerprint density at radius 3 is 1.94 bits per heavy atom.